The lowest BCUT2D eigenvalue weighted by atomic mass is 9.96. The Morgan fingerprint density at radius 2 is 1.85 bits per heavy atom. The van der Waals surface area contributed by atoms with Gasteiger partial charge in [0.05, 0.1) is 21.6 Å². The van der Waals surface area contributed by atoms with Crippen molar-refractivity contribution in [2.75, 3.05) is 26.2 Å². The third kappa shape index (κ3) is 4.56. The Labute approximate surface area is 188 Å². The summed E-state index contributed by atoms with van der Waals surface area (Å²) in [6.45, 7) is 1.03. The lowest BCUT2D eigenvalue weighted by Gasteiger charge is -2.32. The number of hydrogen-bond acceptors (Lipinski definition) is 7. The zero-order valence-electron chi connectivity index (χ0n) is 17.6. The lowest BCUT2D eigenvalue weighted by Crippen LogP contribution is -2.44. The molecule has 0 aliphatic carbocycles. The van der Waals surface area contributed by atoms with E-state index in [0.29, 0.717) is 38.0 Å². The number of piperidine rings is 1. The van der Waals surface area contributed by atoms with Crippen LogP contribution in [0.3, 0.4) is 0 Å². The van der Waals surface area contributed by atoms with Crippen molar-refractivity contribution in [3.63, 3.8) is 0 Å². The zero-order valence-corrected chi connectivity index (χ0v) is 17.6. The van der Waals surface area contributed by atoms with Crippen molar-refractivity contribution >= 4 is 29.3 Å². The highest BCUT2D eigenvalue weighted by molar-refractivity contribution is 6.22. The number of likely N-dealkylation sites (tertiary alicyclic amines) is 1. The summed E-state index contributed by atoms with van der Waals surface area (Å²) in [5, 5.41) is 13.7. The SMILES string of the molecule is O=C(CN1C(=O)c2ccc([N+](=O)[O-])cc2C1=O)NCC1CCN(C(=O)c2cccnc2)CC1. The number of nitrogens with one attached hydrogen (secondary N) is 1. The van der Waals surface area contributed by atoms with Crippen molar-refractivity contribution in [2.45, 2.75) is 12.8 Å². The quantitative estimate of drug-likeness (QED) is 0.396. The number of carbonyl (C=O) groups excluding carboxylic acids is 4. The van der Waals surface area contributed by atoms with E-state index in [0.717, 1.165) is 17.0 Å². The molecular weight excluding hydrogens is 430 g/mol. The minimum Gasteiger partial charge on any atom is -0.354 e. The van der Waals surface area contributed by atoms with Crippen LogP contribution in [-0.2, 0) is 4.79 Å². The molecule has 33 heavy (non-hydrogen) atoms. The van der Waals surface area contributed by atoms with Crippen molar-refractivity contribution in [3.05, 3.63) is 69.5 Å². The number of nitrogens with zero attached hydrogens (tertiary/aromatic N) is 4. The van der Waals surface area contributed by atoms with E-state index in [1.54, 1.807) is 23.2 Å². The summed E-state index contributed by atoms with van der Waals surface area (Å²) in [5.74, 6) is -1.78. The van der Waals surface area contributed by atoms with Crippen LogP contribution in [0.5, 0.6) is 0 Å². The number of amides is 4. The molecule has 1 aromatic heterocycles. The maximum Gasteiger partial charge on any atom is 0.270 e. The number of rotatable bonds is 6. The molecule has 11 nitrogen and oxygen atoms in total. The predicted molar refractivity (Wildman–Crippen MR) is 114 cm³/mol. The van der Waals surface area contributed by atoms with Gasteiger partial charge in [0.2, 0.25) is 5.91 Å². The molecule has 0 bridgehead atoms. The van der Waals surface area contributed by atoms with E-state index >= 15 is 0 Å². The monoisotopic (exact) mass is 451 g/mol. The van der Waals surface area contributed by atoms with Gasteiger partial charge in [-0.1, -0.05) is 0 Å². The van der Waals surface area contributed by atoms with E-state index in [1.165, 1.54) is 12.3 Å². The average molecular weight is 451 g/mol. The highest BCUT2D eigenvalue weighted by atomic mass is 16.6. The van der Waals surface area contributed by atoms with Gasteiger partial charge in [0.1, 0.15) is 6.54 Å². The van der Waals surface area contributed by atoms with Gasteiger partial charge in [-0.25, -0.2) is 0 Å². The van der Waals surface area contributed by atoms with Crippen LogP contribution in [0.1, 0.15) is 43.9 Å². The normalized spacial score (nSPS) is 16.0. The number of carbonyl (C=O) groups is 4. The molecule has 1 saturated heterocycles. The first kappa shape index (κ1) is 22.1. The number of aromatic nitrogens is 1. The molecule has 2 aliphatic heterocycles. The largest absolute Gasteiger partial charge is 0.354 e. The number of fused-ring (bicyclic) bond motifs is 1. The molecule has 1 fully saturated rings. The van der Waals surface area contributed by atoms with Gasteiger partial charge in [-0.3, -0.25) is 39.2 Å². The maximum absolute atomic E-state index is 12.5. The summed E-state index contributed by atoms with van der Waals surface area (Å²) in [5.41, 5.74) is 0.210. The zero-order chi connectivity index (χ0) is 23.5. The van der Waals surface area contributed by atoms with E-state index in [2.05, 4.69) is 10.3 Å². The summed E-state index contributed by atoms with van der Waals surface area (Å²) in [4.78, 5) is 66.6. The highest BCUT2D eigenvalue weighted by Gasteiger charge is 2.38. The lowest BCUT2D eigenvalue weighted by molar-refractivity contribution is -0.384. The Kier molecular flexibility index (Phi) is 6.11. The van der Waals surface area contributed by atoms with E-state index in [4.69, 9.17) is 0 Å². The summed E-state index contributed by atoms with van der Waals surface area (Å²) in [6, 6.07) is 6.86. The predicted octanol–water partition coefficient (Wildman–Crippen LogP) is 1.25. The van der Waals surface area contributed by atoms with Crippen LogP contribution in [0, 0.1) is 16.0 Å². The van der Waals surface area contributed by atoms with Crippen molar-refractivity contribution in [1.82, 2.24) is 20.1 Å². The Bertz CT molecular complexity index is 1130. The third-order valence-corrected chi connectivity index (χ3v) is 5.86. The molecule has 1 N–H and O–H groups in total. The maximum atomic E-state index is 12.5. The molecule has 11 heteroatoms. The van der Waals surface area contributed by atoms with E-state index < -0.39 is 29.2 Å². The van der Waals surface area contributed by atoms with Gasteiger partial charge in [-0.2, -0.15) is 0 Å². The Hall–Kier alpha value is -4.15. The Morgan fingerprint density at radius 1 is 1.12 bits per heavy atom. The van der Waals surface area contributed by atoms with Gasteiger partial charge in [-0.05, 0) is 37.0 Å². The molecule has 0 radical (unpaired) electrons. The number of nitro groups is 1. The van der Waals surface area contributed by atoms with E-state index in [9.17, 15) is 29.3 Å². The van der Waals surface area contributed by atoms with Gasteiger partial charge in [0.15, 0.2) is 0 Å². The van der Waals surface area contributed by atoms with Crippen LogP contribution >= 0.6 is 0 Å². The second-order valence-corrected chi connectivity index (χ2v) is 7.96. The van der Waals surface area contributed by atoms with Crippen LogP contribution in [-0.4, -0.2) is 69.5 Å². The topological polar surface area (TPSA) is 143 Å². The molecule has 2 aliphatic rings. The summed E-state index contributed by atoms with van der Waals surface area (Å²) in [7, 11) is 0. The minimum absolute atomic E-state index is 0.0454. The first-order chi connectivity index (χ1) is 15.8. The molecule has 0 unspecified atom stereocenters. The number of hydrogen-bond donors (Lipinski definition) is 1. The number of nitro benzene ring substituents is 1. The Morgan fingerprint density at radius 3 is 2.52 bits per heavy atom. The van der Waals surface area contributed by atoms with Gasteiger partial charge in [0, 0.05) is 44.2 Å². The molecule has 0 spiro atoms. The Balaban J connectivity index is 1.26. The molecular formula is C22H21N5O6. The van der Waals surface area contributed by atoms with Gasteiger partial charge in [-0.15, -0.1) is 0 Å². The second kappa shape index (κ2) is 9.15. The van der Waals surface area contributed by atoms with Crippen molar-refractivity contribution in [3.8, 4) is 0 Å². The van der Waals surface area contributed by atoms with Crippen molar-refractivity contribution in [2.24, 2.45) is 5.92 Å². The van der Waals surface area contributed by atoms with Gasteiger partial charge in [0.25, 0.3) is 23.4 Å². The van der Waals surface area contributed by atoms with Crippen LogP contribution in [0.4, 0.5) is 5.69 Å². The van der Waals surface area contributed by atoms with Crippen molar-refractivity contribution in [1.29, 1.82) is 0 Å². The molecule has 0 atom stereocenters. The first-order valence-corrected chi connectivity index (χ1v) is 10.5. The average Bonchev–Trinajstić information content (AvgIpc) is 3.07. The van der Waals surface area contributed by atoms with Crippen LogP contribution < -0.4 is 5.32 Å². The highest BCUT2D eigenvalue weighted by Crippen LogP contribution is 2.26. The summed E-state index contributed by atoms with van der Waals surface area (Å²) >= 11 is 0. The fourth-order valence-electron chi connectivity index (χ4n) is 4.01. The molecule has 170 valence electrons. The fraction of sp³-hybridized carbons (Fsp3) is 0.318. The van der Waals surface area contributed by atoms with Crippen LogP contribution in [0.25, 0.3) is 0 Å². The molecule has 0 saturated carbocycles. The molecule has 3 heterocycles. The fourth-order valence-corrected chi connectivity index (χ4v) is 4.01. The standard InChI is InChI=1S/C22H21N5O6/c28-19(13-26-21(30)17-4-3-16(27(32)33)10-18(17)22(26)31)24-11-14-5-8-25(9-6-14)20(29)15-2-1-7-23-12-15/h1-4,7,10,12,14H,5-6,8-9,11,13H2,(H,24,28). The summed E-state index contributed by atoms with van der Waals surface area (Å²) < 4.78 is 0. The van der Waals surface area contributed by atoms with Crippen LogP contribution in [0.15, 0.2) is 42.7 Å². The number of non-ortho nitro benzene ring substituents is 1. The van der Waals surface area contributed by atoms with Gasteiger partial charge >= 0.3 is 0 Å². The number of pyridine rings is 1. The van der Waals surface area contributed by atoms with Gasteiger partial charge < -0.3 is 10.2 Å². The molecule has 1 aromatic carbocycles. The molecule has 4 amide bonds. The minimum atomic E-state index is -0.726. The third-order valence-electron chi connectivity index (χ3n) is 5.86. The van der Waals surface area contributed by atoms with Crippen molar-refractivity contribution < 1.29 is 24.1 Å². The van der Waals surface area contributed by atoms with E-state index in [-0.39, 0.29) is 28.6 Å². The molecule has 4 rings (SSSR count). The molecule has 2 aromatic rings. The second-order valence-electron chi connectivity index (χ2n) is 7.96. The first-order valence-electron chi connectivity index (χ1n) is 10.5. The number of imide groups is 1. The van der Waals surface area contributed by atoms with Crippen LogP contribution in [0.2, 0.25) is 0 Å². The summed E-state index contributed by atoms with van der Waals surface area (Å²) in [6.07, 6.45) is 4.56. The smallest absolute Gasteiger partial charge is 0.270 e. The van der Waals surface area contributed by atoms with E-state index in [1.807, 2.05) is 0 Å². The number of benzene rings is 1.